The van der Waals surface area contributed by atoms with E-state index in [0.29, 0.717) is 33.3 Å². The van der Waals surface area contributed by atoms with Crippen LogP contribution in [0.25, 0.3) is 21.7 Å². The number of ether oxygens (including phenoxy) is 1. The molecule has 2 aromatic heterocycles. The Bertz CT molecular complexity index is 1030. The number of rotatable bonds is 5. The van der Waals surface area contributed by atoms with Crippen LogP contribution in [-0.4, -0.2) is 22.2 Å². The van der Waals surface area contributed by atoms with Gasteiger partial charge in [0.15, 0.2) is 11.6 Å². The van der Waals surface area contributed by atoms with Crippen LogP contribution in [0.4, 0.5) is 10.1 Å². The lowest BCUT2D eigenvalue weighted by molar-refractivity contribution is 0.260. The van der Waals surface area contributed by atoms with Crippen LogP contribution in [0, 0.1) is 11.7 Å². The van der Waals surface area contributed by atoms with Gasteiger partial charge in [0.2, 0.25) is 0 Å². The van der Waals surface area contributed by atoms with E-state index in [1.54, 1.807) is 7.05 Å². The number of nitrogens with zero attached hydrogens (tertiary/aromatic N) is 2. The van der Waals surface area contributed by atoms with E-state index in [9.17, 15) is 9.18 Å². The van der Waals surface area contributed by atoms with E-state index in [0.717, 1.165) is 6.42 Å². The minimum Gasteiger partial charge on any atom is -0.489 e. The van der Waals surface area contributed by atoms with E-state index in [2.05, 4.69) is 18.8 Å². The fraction of sp³-hybridized carbons (Fsp3) is 0.368. The van der Waals surface area contributed by atoms with Crippen LogP contribution in [0.1, 0.15) is 20.3 Å². The number of benzene rings is 1. The maximum atomic E-state index is 14.6. The molecule has 0 spiro atoms. The summed E-state index contributed by atoms with van der Waals surface area (Å²) >= 11 is 0. The Morgan fingerprint density at radius 2 is 2.00 bits per heavy atom. The number of anilines is 1. The largest absolute Gasteiger partial charge is 0.489 e. The monoisotopic (exact) mass is 358 g/mol. The van der Waals surface area contributed by atoms with Gasteiger partial charge >= 0.3 is 0 Å². The van der Waals surface area contributed by atoms with Crippen LogP contribution < -0.4 is 21.8 Å². The molecule has 0 saturated carbocycles. The third-order valence-corrected chi connectivity index (χ3v) is 4.42. The number of aryl methyl sites for hydroxylation is 1. The molecule has 2 heterocycles. The lowest BCUT2D eigenvalue weighted by Gasteiger charge is -2.17. The number of hydrogen-bond acceptors (Lipinski definition) is 5. The van der Waals surface area contributed by atoms with Gasteiger partial charge in [-0.3, -0.25) is 9.78 Å². The van der Waals surface area contributed by atoms with Crippen molar-refractivity contribution >= 4 is 27.4 Å². The second-order valence-corrected chi connectivity index (χ2v) is 7.02. The highest BCUT2D eigenvalue weighted by Gasteiger charge is 2.16. The van der Waals surface area contributed by atoms with Crippen LogP contribution in [0.3, 0.4) is 0 Å². The van der Waals surface area contributed by atoms with Crippen molar-refractivity contribution in [2.45, 2.75) is 26.3 Å². The standard InChI is InChI=1S/C19H23FN4O2/c1-10(2)4-11(21)9-26-17-6-16-12(5-14(17)20)18-13(19(25)24(16)3)7-23-8-15(18)22/h5-8,10-11H,4,9,21-22H2,1-3H3. The maximum absolute atomic E-state index is 14.6. The average Bonchev–Trinajstić information content (AvgIpc) is 2.57. The van der Waals surface area contributed by atoms with Crippen molar-refractivity contribution in [3.8, 4) is 5.75 Å². The fourth-order valence-corrected chi connectivity index (χ4v) is 3.23. The van der Waals surface area contributed by atoms with Gasteiger partial charge in [-0.25, -0.2) is 4.39 Å². The fourth-order valence-electron chi connectivity index (χ4n) is 3.23. The Kier molecular flexibility index (Phi) is 4.82. The summed E-state index contributed by atoms with van der Waals surface area (Å²) in [7, 11) is 1.62. The third kappa shape index (κ3) is 3.22. The summed E-state index contributed by atoms with van der Waals surface area (Å²) in [6, 6.07) is 2.68. The topological polar surface area (TPSA) is 96.2 Å². The van der Waals surface area contributed by atoms with Gasteiger partial charge in [0.25, 0.3) is 5.56 Å². The lowest BCUT2D eigenvalue weighted by Crippen LogP contribution is -2.29. The summed E-state index contributed by atoms with van der Waals surface area (Å²) in [5, 5.41) is 1.39. The van der Waals surface area contributed by atoms with Crippen LogP contribution in [0.5, 0.6) is 5.75 Å². The number of nitrogen functional groups attached to an aromatic ring is 1. The number of fused-ring (bicyclic) bond motifs is 3. The van der Waals surface area contributed by atoms with Crippen molar-refractivity contribution in [1.82, 2.24) is 9.55 Å². The summed E-state index contributed by atoms with van der Waals surface area (Å²) in [6.45, 7) is 4.33. The highest BCUT2D eigenvalue weighted by atomic mass is 19.1. The van der Waals surface area contributed by atoms with Crippen LogP contribution in [0.2, 0.25) is 0 Å². The smallest absolute Gasteiger partial charge is 0.260 e. The zero-order valence-corrected chi connectivity index (χ0v) is 15.1. The predicted molar refractivity (Wildman–Crippen MR) is 102 cm³/mol. The number of halogens is 1. The van der Waals surface area contributed by atoms with E-state index in [-0.39, 0.29) is 24.0 Å². The van der Waals surface area contributed by atoms with E-state index in [4.69, 9.17) is 16.2 Å². The molecule has 0 amide bonds. The number of pyridine rings is 2. The molecule has 0 aliphatic rings. The second kappa shape index (κ2) is 6.92. The molecule has 6 nitrogen and oxygen atoms in total. The number of hydrogen-bond donors (Lipinski definition) is 2. The van der Waals surface area contributed by atoms with Crippen molar-refractivity contribution in [3.63, 3.8) is 0 Å². The molecule has 1 unspecified atom stereocenters. The summed E-state index contributed by atoms with van der Waals surface area (Å²) in [5.41, 5.74) is 12.6. The van der Waals surface area contributed by atoms with Crippen molar-refractivity contribution in [2.24, 2.45) is 18.7 Å². The van der Waals surface area contributed by atoms with Crippen molar-refractivity contribution < 1.29 is 9.13 Å². The molecule has 0 aliphatic carbocycles. The van der Waals surface area contributed by atoms with Crippen LogP contribution in [0.15, 0.2) is 29.3 Å². The van der Waals surface area contributed by atoms with E-state index < -0.39 is 5.82 Å². The van der Waals surface area contributed by atoms with Gasteiger partial charge in [0.05, 0.1) is 22.8 Å². The molecular weight excluding hydrogens is 335 g/mol. The molecule has 0 bridgehead atoms. The molecular formula is C19H23FN4O2. The second-order valence-electron chi connectivity index (χ2n) is 7.02. The van der Waals surface area contributed by atoms with Gasteiger partial charge in [-0.2, -0.15) is 0 Å². The summed E-state index contributed by atoms with van der Waals surface area (Å²) in [4.78, 5) is 16.6. The molecule has 26 heavy (non-hydrogen) atoms. The zero-order valence-electron chi connectivity index (χ0n) is 15.1. The molecule has 0 aliphatic heterocycles. The third-order valence-electron chi connectivity index (χ3n) is 4.42. The first kappa shape index (κ1) is 18.1. The predicted octanol–water partition coefficient (Wildman–Crippen LogP) is 2.56. The molecule has 138 valence electrons. The number of nitrogens with two attached hydrogens (primary N) is 2. The summed E-state index contributed by atoms with van der Waals surface area (Å²) < 4.78 is 21.6. The first-order chi connectivity index (χ1) is 12.3. The molecule has 1 aromatic carbocycles. The molecule has 0 radical (unpaired) electrons. The van der Waals surface area contributed by atoms with Crippen LogP contribution in [-0.2, 0) is 7.05 Å². The Labute approximate surface area is 150 Å². The SMILES string of the molecule is CC(C)CC(N)COc1cc2c(cc1F)c1c(N)cncc1c(=O)n2C. The van der Waals surface area contributed by atoms with Gasteiger partial charge in [-0.1, -0.05) is 13.8 Å². The van der Waals surface area contributed by atoms with Gasteiger partial charge in [-0.15, -0.1) is 0 Å². The Morgan fingerprint density at radius 3 is 2.69 bits per heavy atom. The first-order valence-corrected chi connectivity index (χ1v) is 8.53. The quantitative estimate of drug-likeness (QED) is 0.683. The Morgan fingerprint density at radius 1 is 1.27 bits per heavy atom. The summed E-state index contributed by atoms with van der Waals surface area (Å²) in [6.07, 6.45) is 3.68. The average molecular weight is 358 g/mol. The molecule has 3 rings (SSSR count). The molecule has 0 fully saturated rings. The minimum atomic E-state index is -0.523. The highest BCUT2D eigenvalue weighted by Crippen LogP contribution is 2.31. The highest BCUT2D eigenvalue weighted by molar-refractivity contribution is 6.11. The van der Waals surface area contributed by atoms with Crippen molar-refractivity contribution in [2.75, 3.05) is 12.3 Å². The van der Waals surface area contributed by atoms with Gasteiger partial charge < -0.3 is 20.8 Å². The zero-order chi connectivity index (χ0) is 19.0. The van der Waals surface area contributed by atoms with Gasteiger partial charge in [0, 0.05) is 36.1 Å². The Hall–Kier alpha value is -2.67. The van der Waals surface area contributed by atoms with E-state index in [1.165, 1.54) is 29.1 Å². The molecule has 1 atom stereocenters. The molecule has 4 N–H and O–H groups in total. The van der Waals surface area contributed by atoms with Gasteiger partial charge in [-0.05, 0) is 18.4 Å². The molecule has 0 saturated heterocycles. The Balaban J connectivity index is 2.11. The van der Waals surface area contributed by atoms with E-state index in [1.807, 2.05) is 0 Å². The number of aromatic nitrogens is 2. The first-order valence-electron chi connectivity index (χ1n) is 8.53. The van der Waals surface area contributed by atoms with E-state index >= 15 is 0 Å². The lowest BCUT2D eigenvalue weighted by atomic mass is 10.1. The molecule has 7 heteroatoms. The summed E-state index contributed by atoms with van der Waals surface area (Å²) in [5.74, 6) is -0.0251. The normalized spacial score (nSPS) is 12.8. The van der Waals surface area contributed by atoms with Crippen molar-refractivity contribution in [3.05, 3.63) is 40.7 Å². The van der Waals surface area contributed by atoms with Gasteiger partial charge in [0.1, 0.15) is 6.61 Å². The van der Waals surface area contributed by atoms with Crippen LogP contribution >= 0.6 is 0 Å². The molecule has 3 aromatic rings. The minimum absolute atomic E-state index is 0.0682. The maximum Gasteiger partial charge on any atom is 0.260 e. The van der Waals surface area contributed by atoms with Crippen molar-refractivity contribution in [1.29, 1.82) is 0 Å².